The number of aryl methyl sites for hydroxylation is 1. The maximum atomic E-state index is 13.0. The first-order chi connectivity index (χ1) is 21.4. The molecule has 45 heavy (non-hydrogen) atoms. The molecule has 242 valence electrons. The summed E-state index contributed by atoms with van der Waals surface area (Å²) < 4.78 is 19.5. The summed E-state index contributed by atoms with van der Waals surface area (Å²) in [5.74, 6) is -1.01. The number of nitrogen functional groups attached to an aromatic ring is 1. The summed E-state index contributed by atoms with van der Waals surface area (Å²) in [5.41, 5.74) is 7.58. The molecule has 0 bridgehead atoms. The zero-order valence-electron chi connectivity index (χ0n) is 25.6. The van der Waals surface area contributed by atoms with Gasteiger partial charge in [-0.3, -0.25) is 14.2 Å². The van der Waals surface area contributed by atoms with Crippen LogP contribution in [0.25, 0.3) is 11.2 Å². The van der Waals surface area contributed by atoms with E-state index in [0.29, 0.717) is 54.8 Å². The van der Waals surface area contributed by atoms with Gasteiger partial charge in [0.05, 0.1) is 38.2 Å². The minimum absolute atomic E-state index is 0.00627. The number of carbonyl (C=O) groups is 2. The highest BCUT2D eigenvalue weighted by molar-refractivity contribution is 7.50. The topological polar surface area (TPSA) is 214 Å². The van der Waals surface area contributed by atoms with Crippen molar-refractivity contribution in [2.24, 2.45) is 0 Å². The molecule has 0 aliphatic rings. The summed E-state index contributed by atoms with van der Waals surface area (Å²) in [6.45, 7) is 7.03. The van der Waals surface area contributed by atoms with Crippen molar-refractivity contribution in [1.29, 1.82) is 0 Å². The van der Waals surface area contributed by atoms with E-state index in [0.717, 1.165) is 5.56 Å². The summed E-state index contributed by atoms with van der Waals surface area (Å²) in [6.07, 6.45) is 3.18. The van der Waals surface area contributed by atoms with Crippen LogP contribution in [0.4, 0.5) is 5.82 Å². The monoisotopic (exact) mass is 643 g/mol. The number of methoxy groups -OCH3 is 1. The van der Waals surface area contributed by atoms with Gasteiger partial charge >= 0.3 is 17.7 Å². The third-order valence-electron chi connectivity index (χ3n) is 6.72. The maximum absolute atomic E-state index is 13.0. The minimum atomic E-state index is -0.876. The van der Waals surface area contributed by atoms with E-state index in [1.54, 1.807) is 42.3 Å². The van der Waals surface area contributed by atoms with Crippen molar-refractivity contribution in [3.63, 3.8) is 0 Å². The number of nitrogens with two attached hydrogens (primary N) is 1. The maximum Gasteiger partial charge on any atom is 0.328 e. The van der Waals surface area contributed by atoms with E-state index in [1.807, 2.05) is 20.5 Å². The van der Waals surface area contributed by atoms with Gasteiger partial charge in [0.25, 0.3) is 5.91 Å². The van der Waals surface area contributed by atoms with E-state index in [2.05, 4.69) is 30.6 Å². The largest absolute Gasteiger partial charge is 0.481 e. The lowest BCUT2D eigenvalue weighted by Gasteiger charge is -2.27. The number of aromatic nitrogens is 7. The van der Waals surface area contributed by atoms with Crippen LogP contribution in [-0.4, -0.2) is 90.6 Å². The first-order valence-electron chi connectivity index (χ1n) is 14.2. The fourth-order valence-corrected chi connectivity index (χ4v) is 5.33. The van der Waals surface area contributed by atoms with E-state index >= 15 is 0 Å². The van der Waals surface area contributed by atoms with Crippen LogP contribution < -0.4 is 21.5 Å². The first-order valence-corrected chi connectivity index (χ1v) is 16.1. The predicted molar refractivity (Wildman–Crippen MR) is 166 cm³/mol. The van der Waals surface area contributed by atoms with E-state index in [1.165, 1.54) is 4.57 Å². The third kappa shape index (κ3) is 9.54. The number of carboxylic acids is 1. The third-order valence-corrected chi connectivity index (χ3v) is 8.03. The van der Waals surface area contributed by atoms with Gasteiger partial charge in [-0.25, -0.2) is 9.48 Å². The molecule has 17 heteroatoms. The van der Waals surface area contributed by atoms with Crippen molar-refractivity contribution < 1.29 is 28.7 Å². The summed E-state index contributed by atoms with van der Waals surface area (Å²) in [7, 11) is 0.703. The number of ether oxygens (including phenoxy) is 2. The lowest BCUT2D eigenvalue weighted by Crippen LogP contribution is -2.44. The van der Waals surface area contributed by atoms with Gasteiger partial charge in [0.1, 0.15) is 12.1 Å². The van der Waals surface area contributed by atoms with Gasteiger partial charge in [0.15, 0.2) is 11.5 Å². The van der Waals surface area contributed by atoms with Gasteiger partial charge in [0.2, 0.25) is 0 Å². The second-order valence-corrected chi connectivity index (χ2v) is 12.8. The van der Waals surface area contributed by atoms with Crippen LogP contribution in [0, 0.1) is 0 Å². The van der Waals surface area contributed by atoms with Crippen molar-refractivity contribution >= 4 is 37.0 Å². The zero-order valence-corrected chi connectivity index (χ0v) is 26.5. The molecule has 1 aromatic carbocycles. The fourth-order valence-electron chi connectivity index (χ4n) is 4.30. The molecule has 0 radical (unpaired) electrons. The molecule has 4 rings (SSSR count). The molecule has 5 N–H and O–H groups in total. The average Bonchev–Trinajstić information content (AvgIpc) is 3.55. The Morgan fingerprint density at radius 3 is 2.62 bits per heavy atom. The zero-order chi connectivity index (χ0) is 32.6. The smallest absolute Gasteiger partial charge is 0.328 e. The number of imidazole rings is 1. The number of aromatic amines is 1. The van der Waals surface area contributed by atoms with Crippen LogP contribution in [0.5, 0.6) is 6.01 Å². The number of hydrogen-bond donors (Lipinski definition) is 4. The Kier molecular flexibility index (Phi) is 11.2. The van der Waals surface area contributed by atoms with Crippen molar-refractivity contribution in [2.45, 2.75) is 51.5 Å². The number of rotatable bonds is 17. The van der Waals surface area contributed by atoms with Gasteiger partial charge in [-0.2, -0.15) is 9.97 Å². The Hall–Kier alpha value is -4.40. The summed E-state index contributed by atoms with van der Waals surface area (Å²) >= 11 is 0. The number of carboxylic acid groups (broad SMARTS) is 1. The molecule has 3 aromatic heterocycles. The van der Waals surface area contributed by atoms with Gasteiger partial charge < -0.3 is 35.1 Å². The lowest BCUT2D eigenvalue weighted by atomic mass is 10.0. The number of H-pyrrole nitrogens is 1. The number of nitrogens with zero attached hydrogens (tertiary/aromatic N) is 6. The molecular formula is C28H38N9O7P. The van der Waals surface area contributed by atoms with E-state index in [4.69, 9.17) is 24.8 Å². The lowest BCUT2D eigenvalue weighted by molar-refractivity contribution is -0.136. The summed E-state index contributed by atoms with van der Waals surface area (Å²) in [6, 6.07) is 7.00. The molecule has 0 fully saturated rings. The number of hydrogen-bond acceptors (Lipinski definition) is 11. The fraction of sp³-hybridized carbons (Fsp3) is 0.464. The molecule has 16 nitrogen and oxygen atoms in total. The molecule has 4 aromatic rings. The number of fused-ring (bicyclic) bond motifs is 1. The van der Waals surface area contributed by atoms with E-state index in [-0.39, 0.29) is 37.3 Å². The predicted octanol–water partition coefficient (Wildman–Crippen LogP) is 1.98. The molecule has 1 amide bonds. The van der Waals surface area contributed by atoms with Crippen molar-refractivity contribution in [3.8, 4) is 6.01 Å². The minimum Gasteiger partial charge on any atom is -0.481 e. The number of carbonyl (C=O) groups excluding carboxylic acids is 1. The van der Waals surface area contributed by atoms with Gasteiger partial charge in [-0.15, -0.1) is 5.10 Å². The van der Waals surface area contributed by atoms with Crippen LogP contribution >= 0.6 is 8.15 Å². The van der Waals surface area contributed by atoms with Crippen LogP contribution in [0.1, 0.15) is 48.3 Å². The Bertz CT molecular complexity index is 1670. The number of anilines is 1. The van der Waals surface area contributed by atoms with Crippen LogP contribution in [0.3, 0.4) is 0 Å². The van der Waals surface area contributed by atoms with Crippen LogP contribution in [0.15, 0.2) is 35.3 Å². The standard InChI is InChI=1S/C28H38N9O7P/c1-28(2,11-12-44-45(4)17-36-16-20(34-35-36)9-10-21(38)39)33-25(40)19-7-5-18(6-8-19)15-37-24-22(30-27(37)41)23(29)31-26(32-24)43-14-13-42-3/h5-8,16H,9-15,17H2,1-4H3,(H,30,41)(H,33,40)(H,38,39)(H2,29,31,32). The molecule has 0 spiro atoms. The van der Waals surface area contributed by atoms with Gasteiger partial charge in [-0.05, 0) is 44.6 Å². The Morgan fingerprint density at radius 1 is 1.16 bits per heavy atom. The van der Waals surface area contributed by atoms with E-state index < -0.39 is 25.3 Å². The molecule has 1 atom stereocenters. The van der Waals surface area contributed by atoms with Crippen molar-refractivity contribution in [2.75, 3.05) is 39.3 Å². The van der Waals surface area contributed by atoms with Gasteiger partial charge in [0, 0.05) is 39.0 Å². The average molecular weight is 644 g/mol. The first kappa shape index (κ1) is 33.5. The normalized spacial score (nSPS) is 12.4. The van der Waals surface area contributed by atoms with E-state index in [9.17, 15) is 14.4 Å². The second-order valence-electron chi connectivity index (χ2n) is 11.0. The number of amides is 1. The number of benzene rings is 1. The Balaban J connectivity index is 1.29. The summed E-state index contributed by atoms with van der Waals surface area (Å²) in [5, 5.41) is 19.9. The number of nitrogens with one attached hydrogen (secondary N) is 2. The molecular weight excluding hydrogens is 605 g/mol. The van der Waals surface area contributed by atoms with Crippen molar-refractivity contribution in [1.82, 2.24) is 39.8 Å². The summed E-state index contributed by atoms with van der Waals surface area (Å²) in [4.78, 5) is 47.6. The highest BCUT2D eigenvalue weighted by Crippen LogP contribution is 2.34. The molecule has 0 aliphatic heterocycles. The molecule has 3 heterocycles. The van der Waals surface area contributed by atoms with Crippen LogP contribution in [-0.2, 0) is 33.3 Å². The molecule has 0 saturated heterocycles. The Morgan fingerprint density at radius 2 is 1.91 bits per heavy atom. The molecule has 0 saturated carbocycles. The van der Waals surface area contributed by atoms with Gasteiger partial charge in [-0.1, -0.05) is 17.3 Å². The highest BCUT2D eigenvalue weighted by Gasteiger charge is 2.22. The van der Waals surface area contributed by atoms with Crippen LogP contribution in [0.2, 0.25) is 0 Å². The number of aliphatic carboxylic acids is 1. The SMILES string of the molecule is COCCOc1nc(N)c2[nH]c(=O)n(Cc3ccc(C(=O)NC(C)(C)CCOP(C)Cn4cc(CCC(=O)O)nn4)cc3)c2n1. The van der Waals surface area contributed by atoms with Crippen molar-refractivity contribution in [3.05, 3.63) is 57.8 Å². The molecule has 1 unspecified atom stereocenters. The second kappa shape index (κ2) is 15.1. The highest BCUT2D eigenvalue weighted by atomic mass is 31.1. The molecule has 0 aliphatic carbocycles. The Labute approximate surface area is 260 Å². The quantitative estimate of drug-likeness (QED) is 0.0960.